The van der Waals surface area contributed by atoms with Crippen molar-refractivity contribution >= 4 is 5.97 Å². The molecule has 1 N–H and O–H groups in total. The van der Waals surface area contributed by atoms with Crippen LogP contribution in [0.5, 0.6) is 6.08 Å². The summed E-state index contributed by atoms with van der Waals surface area (Å²) in [5.74, 6) is -2.17. The van der Waals surface area contributed by atoms with Gasteiger partial charge in [0.25, 0.3) is 0 Å². The molecule has 0 bridgehead atoms. The molecule has 0 radical (unpaired) electrons. The van der Waals surface area contributed by atoms with Crippen LogP contribution >= 0.6 is 0 Å². The first-order chi connectivity index (χ1) is 7.47. The predicted molar refractivity (Wildman–Crippen MR) is 41.6 cm³/mol. The van der Waals surface area contributed by atoms with Gasteiger partial charge in [-0.1, -0.05) is 5.16 Å². The standard InChI is InChI=1S/C7H6F3N3O3/c8-7(9,10)5(14)15-6-12-4(13-16-6)3-1-11-2-3/h3,11H,1-2H2. The number of nitrogens with one attached hydrogen (secondary N) is 1. The van der Waals surface area contributed by atoms with Crippen LogP contribution in [-0.2, 0) is 4.79 Å². The lowest BCUT2D eigenvalue weighted by atomic mass is 10.0. The van der Waals surface area contributed by atoms with E-state index < -0.39 is 18.2 Å². The molecule has 1 saturated heterocycles. The fourth-order valence-electron chi connectivity index (χ4n) is 1.04. The van der Waals surface area contributed by atoms with Gasteiger partial charge < -0.3 is 10.1 Å². The number of esters is 1. The first kappa shape index (κ1) is 10.9. The van der Waals surface area contributed by atoms with E-state index >= 15 is 0 Å². The third-order valence-corrected chi connectivity index (χ3v) is 1.98. The van der Waals surface area contributed by atoms with Crippen molar-refractivity contribution in [2.75, 3.05) is 13.1 Å². The lowest BCUT2D eigenvalue weighted by Crippen LogP contribution is -2.40. The second-order valence-corrected chi connectivity index (χ2v) is 3.16. The molecule has 0 spiro atoms. The number of hydrogen-bond acceptors (Lipinski definition) is 6. The molecule has 2 heterocycles. The summed E-state index contributed by atoms with van der Waals surface area (Å²) < 4.78 is 43.6. The molecule has 0 unspecified atom stereocenters. The van der Waals surface area contributed by atoms with Crippen molar-refractivity contribution in [2.45, 2.75) is 12.1 Å². The van der Waals surface area contributed by atoms with E-state index in [1.807, 2.05) is 0 Å². The van der Waals surface area contributed by atoms with Crippen LogP contribution in [0.15, 0.2) is 4.52 Å². The summed E-state index contributed by atoms with van der Waals surface area (Å²) >= 11 is 0. The first-order valence-electron chi connectivity index (χ1n) is 4.30. The van der Waals surface area contributed by atoms with Crippen molar-refractivity contribution in [3.63, 3.8) is 0 Å². The molecule has 1 aliphatic rings. The highest BCUT2D eigenvalue weighted by Gasteiger charge is 2.42. The second kappa shape index (κ2) is 3.74. The number of hydrogen-bond donors (Lipinski definition) is 1. The van der Waals surface area contributed by atoms with Gasteiger partial charge in [0.2, 0.25) is 0 Å². The SMILES string of the molecule is O=C(Oc1nc(C2CNC2)no1)C(F)(F)F. The van der Waals surface area contributed by atoms with Crippen LogP contribution in [0.4, 0.5) is 13.2 Å². The fourth-order valence-corrected chi connectivity index (χ4v) is 1.04. The van der Waals surface area contributed by atoms with Gasteiger partial charge >= 0.3 is 18.2 Å². The summed E-state index contributed by atoms with van der Waals surface area (Å²) in [5, 5.41) is 6.33. The summed E-state index contributed by atoms with van der Waals surface area (Å²) in [6.07, 6.45) is -5.86. The molecule has 1 aromatic rings. The van der Waals surface area contributed by atoms with Crippen LogP contribution in [-0.4, -0.2) is 35.4 Å². The first-order valence-corrected chi connectivity index (χ1v) is 4.30. The smallest absolute Gasteiger partial charge is 0.369 e. The molecule has 2 rings (SSSR count). The van der Waals surface area contributed by atoms with E-state index in [0.29, 0.717) is 13.1 Å². The van der Waals surface area contributed by atoms with E-state index in [0.717, 1.165) is 0 Å². The van der Waals surface area contributed by atoms with Crippen LogP contribution in [0.1, 0.15) is 11.7 Å². The van der Waals surface area contributed by atoms with E-state index in [-0.39, 0.29) is 11.7 Å². The van der Waals surface area contributed by atoms with Crippen LogP contribution in [0.25, 0.3) is 0 Å². The highest BCUT2D eigenvalue weighted by molar-refractivity contribution is 5.77. The zero-order valence-corrected chi connectivity index (χ0v) is 7.74. The van der Waals surface area contributed by atoms with Crippen LogP contribution in [0.2, 0.25) is 0 Å². The van der Waals surface area contributed by atoms with Gasteiger partial charge in [-0.3, -0.25) is 4.52 Å². The minimum absolute atomic E-state index is 0.0120. The highest BCUT2D eigenvalue weighted by atomic mass is 19.4. The van der Waals surface area contributed by atoms with Crippen LogP contribution in [0, 0.1) is 0 Å². The average Bonchev–Trinajstić information content (AvgIpc) is 2.48. The third-order valence-electron chi connectivity index (χ3n) is 1.98. The number of nitrogens with zero attached hydrogens (tertiary/aromatic N) is 2. The maximum Gasteiger partial charge on any atom is 0.491 e. The molecule has 0 aliphatic carbocycles. The normalized spacial score (nSPS) is 16.9. The molecule has 88 valence electrons. The fraction of sp³-hybridized carbons (Fsp3) is 0.571. The monoisotopic (exact) mass is 237 g/mol. The average molecular weight is 237 g/mol. The van der Waals surface area contributed by atoms with E-state index in [9.17, 15) is 18.0 Å². The number of rotatable bonds is 2. The Morgan fingerprint density at radius 2 is 2.19 bits per heavy atom. The number of carbonyl (C=O) groups is 1. The number of carbonyl (C=O) groups excluding carboxylic acids is 1. The predicted octanol–water partition coefficient (Wildman–Crippen LogP) is 0.224. The Morgan fingerprint density at radius 1 is 1.50 bits per heavy atom. The molecular weight excluding hydrogens is 231 g/mol. The maximum atomic E-state index is 11.8. The number of ether oxygens (including phenoxy) is 1. The zero-order valence-electron chi connectivity index (χ0n) is 7.74. The number of aromatic nitrogens is 2. The molecular formula is C7H6F3N3O3. The van der Waals surface area contributed by atoms with Gasteiger partial charge in [-0.2, -0.15) is 18.2 Å². The van der Waals surface area contributed by atoms with Crippen molar-refractivity contribution in [1.29, 1.82) is 0 Å². The van der Waals surface area contributed by atoms with Crippen LogP contribution < -0.4 is 10.1 Å². The van der Waals surface area contributed by atoms with Gasteiger partial charge in [0.1, 0.15) is 0 Å². The molecule has 1 aromatic heterocycles. The Kier molecular flexibility index (Phi) is 2.54. The Bertz CT molecular complexity index is 399. The Hall–Kier alpha value is -1.64. The summed E-state index contributed by atoms with van der Waals surface area (Å²) in [5.41, 5.74) is 0. The van der Waals surface area contributed by atoms with Crippen molar-refractivity contribution in [3.8, 4) is 6.08 Å². The van der Waals surface area contributed by atoms with Gasteiger partial charge in [-0.25, -0.2) is 4.79 Å². The summed E-state index contributed by atoms with van der Waals surface area (Å²) in [6, 6.07) is 0. The molecule has 0 amide bonds. The van der Waals surface area contributed by atoms with E-state index in [1.165, 1.54) is 0 Å². The minimum atomic E-state index is -5.08. The molecule has 0 atom stereocenters. The van der Waals surface area contributed by atoms with Gasteiger partial charge in [0, 0.05) is 19.0 Å². The van der Waals surface area contributed by atoms with Crippen molar-refractivity contribution in [2.24, 2.45) is 0 Å². The lowest BCUT2D eigenvalue weighted by molar-refractivity contribution is -0.191. The quantitative estimate of drug-likeness (QED) is 0.741. The molecule has 0 saturated carbocycles. The van der Waals surface area contributed by atoms with Crippen molar-refractivity contribution < 1.29 is 27.2 Å². The third kappa shape index (κ3) is 2.13. The van der Waals surface area contributed by atoms with Crippen molar-refractivity contribution in [1.82, 2.24) is 15.5 Å². The Morgan fingerprint density at radius 3 is 2.69 bits per heavy atom. The summed E-state index contributed by atoms with van der Waals surface area (Å²) in [4.78, 5) is 13.9. The van der Waals surface area contributed by atoms with Gasteiger partial charge in [0.05, 0.1) is 0 Å². The largest absolute Gasteiger partial charge is 0.491 e. The van der Waals surface area contributed by atoms with E-state index in [4.69, 9.17) is 0 Å². The molecule has 16 heavy (non-hydrogen) atoms. The van der Waals surface area contributed by atoms with Gasteiger partial charge in [-0.05, 0) is 0 Å². The zero-order chi connectivity index (χ0) is 11.8. The van der Waals surface area contributed by atoms with Crippen molar-refractivity contribution in [3.05, 3.63) is 5.82 Å². The topological polar surface area (TPSA) is 77.2 Å². The Balaban J connectivity index is 2.00. The minimum Gasteiger partial charge on any atom is -0.369 e. The van der Waals surface area contributed by atoms with E-state index in [1.54, 1.807) is 0 Å². The van der Waals surface area contributed by atoms with Gasteiger partial charge in [0.15, 0.2) is 5.82 Å². The Labute approximate surface area is 86.8 Å². The van der Waals surface area contributed by atoms with Crippen LogP contribution in [0.3, 0.4) is 0 Å². The molecule has 1 aliphatic heterocycles. The summed E-state index contributed by atoms with van der Waals surface area (Å²) in [6.45, 7) is 1.23. The highest BCUT2D eigenvalue weighted by Crippen LogP contribution is 2.21. The lowest BCUT2D eigenvalue weighted by Gasteiger charge is -2.23. The molecule has 1 fully saturated rings. The second-order valence-electron chi connectivity index (χ2n) is 3.16. The van der Waals surface area contributed by atoms with E-state index in [2.05, 4.69) is 24.7 Å². The number of alkyl halides is 3. The maximum absolute atomic E-state index is 11.8. The summed E-state index contributed by atoms with van der Waals surface area (Å²) in [7, 11) is 0. The molecule has 9 heteroatoms. The molecule has 0 aromatic carbocycles. The number of halogens is 3. The van der Waals surface area contributed by atoms with Gasteiger partial charge in [-0.15, -0.1) is 0 Å². The molecule has 6 nitrogen and oxygen atoms in total.